The lowest BCUT2D eigenvalue weighted by molar-refractivity contribution is 0.461. The third kappa shape index (κ3) is 6.65. The highest BCUT2D eigenvalue weighted by Crippen LogP contribution is 2.28. The fourth-order valence-corrected chi connectivity index (χ4v) is 2.05. The minimum Gasteiger partial charge on any atom is -0.290 e. The predicted molar refractivity (Wildman–Crippen MR) is 79.9 cm³/mol. The van der Waals surface area contributed by atoms with Crippen molar-refractivity contribution in [2.45, 2.75) is 73.3 Å². The zero-order chi connectivity index (χ0) is 13.3. The Hall–Kier alpha value is -0.590. The van der Waals surface area contributed by atoms with Gasteiger partial charge >= 0.3 is 0 Å². The van der Waals surface area contributed by atoms with Gasteiger partial charge in [-0.15, -0.1) is 0 Å². The van der Waals surface area contributed by atoms with E-state index in [9.17, 15) is 0 Å². The highest BCUT2D eigenvalue weighted by molar-refractivity contribution is 5.72. The zero-order valence-electron chi connectivity index (χ0n) is 12.7. The summed E-state index contributed by atoms with van der Waals surface area (Å²) in [5.74, 6) is 1.48. The molecule has 0 N–H and O–H groups in total. The van der Waals surface area contributed by atoms with Gasteiger partial charge in [-0.1, -0.05) is 46.1 Å². The van der Waals surface area contributed by atoms with Gasteiger partial charge in [0.2, 0.25) is 0 Å². The van der Waals surface area contributed by atoms with Crippen LogP contribution >= 0.6 is 0 Å². The number of nitrogens with zero attached hydrogens (tertiary/aromatic N) is 1. The first-order chi connectivity index (χ1) is 8.11. The first-order valence-electron chi connectivity index (χ1n) is 7.31. The maximum absolute atomic E-state index is 4.63. The molecule has 0 spiro atoms. The molecular formula is C16H31N. The van der Waals surface area contributed by atoms with E-state index in [2.05, 4.69) is 38.8 Å². The first kappa shape index (κ1) is 16.4. The molecule has 0 saturated heterocycles. The summed E-state index contributed by atoms with van der Waals surface area (Å²) < 4.78 is 0. The Labute approximate surface area is 108 Å². The van der Waals surface area contributed by atoms with E-state index >= 15 is 0 Å². The number of aliphatic imine (C=N–C) groups is 1. The van der Waals surface area contributed by atoms with Crippen LogP contribution in [0.3, 0.4) is 0 Å². The van der Waals surface area contributed by atoms with Gasteiger partial charge in [0.05, 0.1) is 0 Å². The van der Waals surface area contributed by atoms with Crippen LogP contribution in [0.4, 0.5) is 0 Å². The molecule has 0 radical (unpaired) electrons. The van der Waals surface area contributed by atoms with Gasteiger partial charge in [-0.2, -0.15) is 0 Å². The van der Waals surface area contributed by atoms with E-state index < -0.39 is 0 Å². The van der Waals surface area contributed by atoms with Gasteiger partial charge in [0.15, 0.2) is 0 Å². The molecule has 0 aromatic rings. The van der Waals surface area contributed by atoms with Crippen LogP contribution in [0.2, 0.25) is 0 Å². The predicted octanol–water partition coefficient (Wildman–Crippen LogP) is 5.26. The molecule has 1 nitrogen and oxygen atoms in total. The van der Waals surface area contributed by atoms with Crippen LogP contribution in [0, 0.1) is 11.8 Å². The average Bonchev–Trinajstić information content (AvgIpc) is 2.84. The van der Waals surface area contributed by atoms with Crippen molar-refractivity contribution in [3.05, 3.63) is 11.6 Å². The van der Waals surface area contributed by atoms with Crippen molar-refractivity contribution in [1.82, 2.24) is 0 Å². The first-order valence-corrected chi connectivity index (χ1v) is 7.31. The van der Waals surface area contributed by atoms with E-state index in [1.165, 1.54) is 31.3 Å². The third-order valence-electron chi connectivity index (χ3n) is 3.65. The smallest absolute Gasteiger partial charge is 0.0499 e. The van der Waals surface area contributed by atoms with Crippen molar-refractivity contribution in [2.24, 2.45) is 16.8 Å². The molecule has 1 heteroatoms. The molecule has 1 fully saturated rings. The normalized spacial score (nSPS) is 19.6. The Morgan fingerprint density at radius 3 is 2.12 bits per heavy atom. The lowest BCUT2D eigenvalue weighted by atomic mass is 10.0. The Morgan fingerprint density at radius 2 is 1.65 bits per heavy atom. The summed E-state index contributed by atoms with van der Waals surface area (Å²) in [7, 11) is 0. The van der Waals surface area contributed by atoms with E-state index in [4.69, 9.17) is 0 Å². The minimum atomic E-state index is 0.517. The van der Waals surface area contributed by atoms with E-state index in [1.807, 2.05) is 20.1 Å². The Morgan fingerprint density at radius 1 is 1.12 bits per heavy atom. The van der Waals surface area contributed by atoms with Gasteiger partial charge in [0.25, 0.3) is 0 Å². The van der Waals surface area contributed by atoms with Crippen LogP contribution in [0.15, 0.2) is 16.6 Å². The molecule has 0 amide bonds. The second-order valence-corrected chi connectivity index (χ2v) is 5.15. The third-order valence-corrected chi connectivity index (χ3v) is 3.65. The largest absolute Gasteiger partial charge is 0.290 e. The summed E-state index contributed by atoms with van der Waals surface area (Å²) in [6.07, 6.45) is 9.75. The van der Waals surface area contributed by atoms with Gasteiger partial charge in [-0.25, -0.2) is 0 Å². The van der Waals surface area contributed by atoms with Gasteiger partial charge in [0, 0.05) is 12.3 Å². The van der Waals surface area contributed by atoms with Crippen molar-refractivity contribution in [2.75, 3.05) is 0 Å². The molecule has 0 bridgehead atoms. The molecule has 1 atom stereocenters. The SMILES string of the molecule is C/C(=C\C=NC(C)C1CCCC1)C(C)C.CC. The molecule has 0 aromatic heterocycles. The molecule has 0 heterocycles. The number of rotatable bonds is 4. The number of hydrogen-bond acceptors (Lipinski definition) is 1. The number of hydrogen-bond donors (Lipinski definition) is 0. The van der Waals surface area contributed by atoms with E-state index in [1.54, 1.807) is 0 Å². The van der Waals surface area contributed by atoms with E-state index in [-0.39, 0.29) is 0 Å². The average molecular weight is 237 g/mol. The Balaban J connectivity index is 0.00000121. The summed E-state index contributed by atoms with van der Waals surface area (Å²) in [4.78, 5) is 4.63. The van der Waals surface area contributed by atoms with Gasteiger partial charge < -0.3 is 0 Å². The minimum absolute atomic E-state index is 0.517. The van der Waals surface area contributed by atoms with Crippen molar-refractivity contribution in [3.8, 4) is 0 Å². The summed E-state index contributed by atoms with van der Waals surface area (Å²) >= 11 is 0. The summed E-state index contributed by atoms with van der Waals surface area (Å²) in [6.45, 7) is 12.9. The molecule has 17 heavy (non-hydrogen) atoms. The van der Waals surface area contributed by atoms with Crippen molar-refractivity contribution < 1.29 is 0 Å². The van der Waals surface area contributed by atoms with E-state index in [0.717, 1.165) is 5.92 Å². The molecule has 1 unspecified atom stereocenters. The van der Waals surface area contributed by atoms with Crippen molar-refractivity contribution in [1.29, 1.82) is 0 Å². The maximum Gasteiger partial charge on any atom is 0.0499 e. The van der Waals surface area contributed by atoms with Crippen LogP contribution in [-0.2, 0) is 0 Å². The number of allylic oxidation sites excluding steroid dienone is 2. The van der Waals surface area contributed by atoms with Crippen LogP contribution < -0.4 is 0 Å². The van der Waals surface area contributed by atoms with Gasteiger partial charge in [-0.05, 0) is 44.6 Å². The Bertz CT molecular complexity index is 232. The highest BCUT2D eigenvalue weighted by Gasteiger charge is 2.19. The van der Waals surface area contributed by atoms with Crippen LogP contribution in [-0.4, -0.2) is 12.3 Å². The molecule has 1 saturated carbocycles. The summed E-state index contributed by atoms with van der Waals surface area (Å²) in [6, 6.07) is 0.517. The van der Waals surface area contributed by atoms with Gasteiger partial charge in [0.1, 0.15) is 0 Å². The second-order valence-electron chi connectivity index (χ2n) is 5.15. The van der Waals surface area contributed by atoms with Crippen LogP contribution in [0.5, 0.6) is 0 Å². The zero-order valence-corrected chi connectivity index (χ0v) is 12.7. The van der Waals surface area contributed by atoms with Gasteiger partial charge in [-0.3, -0.25) is 4.99 Å². The molecular weight excluding hydrogens is 206 g/mol. The quantitative estimate of drug-likeness (QED) is 0.591. The Kier molecular flexibility index (Phi) is 9.11. The standard InChI is InChI=1S/C14H25N.C2H6/c1-11(2)12(3)9-10-15-13(4)14-7-5-6-8-14;1-2/h9-11,13-14H,5-8H2,1-4H3;1-2H3/b12-9+,15-10?;. The molecule has 0 aliphatic heterocycles. The molecule has 1 rings (SSSR count). The summed E-state index contributed by atoms with van der Waals surface area (Å²) in [5, 5.41) is 0. The lowest BCUT2D eigenvalue weighted by Gasteiger charge is -2.13. The monoisotopic (exact) mass is 237 g/mol. The molecule has 1 aliphatic rings. The molecule has 1 aliphatic carbocycles. The van der Waals surface area contributed by atoms with Crippen molar-refractivity contribution in [3.63, 3.8) is 0 Å². The topological polar surface area (TPSA) is 12.4 Å². The second kappa shape index (κ2) is 9.44. The fourth-order valence-electron chi connectivity index (χ4n) is 2.05. The highest BCUT2D eigenvalue weighted by atomic mass is 14.8. The molecule has 0 aromatic carbocycles. The van der Waals surface area contributed by atoms with Crippen LogP contribution in [0.1, 0.15) is 67.2 Å². The van der Waals surface area contributed by atoms with Crippen molar-refractivity contribution >= 4 is 6.21 Å². The lowest BCUT2D eigenvalue weighted by Crippen LogP contribution is -2.11. The summed E-state index contributed by atoms with van der Waals surface area (Å²) in [5.41, 5.74) is 1.41. The van der Waals surface area contributed by atoms with E-state index in [0.29, 0.717) is 12.0 Å². The maximum atomic E-state index is 4.63. The van der Waals surface area contributed by atoms with Crippen LogP contribution in [0.25, 0.3) is 0 Å². The fraction of sp³-hybridized carbons (Fsp3) is 0.812. The molecule has 100 valence electrons.